The summed E-state index contributed by atoms with van der Waals surface area (Å²) in [5.74, 6) is -0.287. The number of carbonyl (C=O) groups is 4. The van der Waals surface area contributed by atoms with Crippen molar-refractivity contribution in [1.29, 1.82) is 0 Å². The number of carbonyl (C=O) groups excluding carboxylic acids is 4. The van der Waals surface area contributed by atoms with Gasteiger partial charge in [0.25, 0.3) is 5.91 Å². The maximum absolute atomic E-state index is 12.6. The van der Waals surface area contributed by atoms with Gasteiger partial charge in [-0.05, 0) is 26.7 Å². The van der Waals surface area contributed by atoms with E-state index in [1.807, 2.05) is 4.90 Å². The predicted octanol–water partition coefficient (Wildman–Crippen LogP) is 0.568. The van der Waals surface area contributed by atoms with Gasteiger partial charge in [-0.2, -0.15) is 0 Å². The van der Waals surface area contributed by atoms with Crippen LogP contribution in [0.4, 0.5) is 4.79 Å². The molecule has 1 N–H and O–H groups in total. The molecule has 0 spiro atoms. The van der Waals surface area contributed by atoms with Crippen molar-refractivity contribution in [3.8, 4) is 0 Å². The Bertz CT molecular complexity index is 604. The maximum Gasteiger partial charge on any atom is 0.325 e. The first-order valence-corrected chi connectivity index (χ1v) is 9.50. The van der Waals surface area contributed by atoms with Crippen molar-refractivity contribution < 1.29 is 19.2 Å². The molecule has 2 saturated heterocycles. The van der Waals surface area contributed by atoms with Crippen molar-refractivity contribution in [2.75, 3.05) is 32.7 Å². The third-order valence-corrected chi connectivity index (χ3v) is 5.64. The Morgan fingerprint density at radius 1 is 1.00 bits per heavy atom. The van der Waals surface area contributed by atoms with Gasteiger partial charge in [-0.15, -0.1) is 0 Å². The van der Waals surface area contributed by atoms with E-state index in [0.717, 1.165) is 30.6 Å². The van der Waals surface area contributed by atoms with E-state index in [2.05, 4.69) is 5.32 Å². The third-order valence-electron chi connectivity index (χ3n) is 5.64. The van der Waals surface area contributed by atoms with Crippen LogP contribution < -0.4 is 5.32 Å². The zero-order valence-electron chi connectivity index (χ0n) is 15.6. The van der Waals surface area contributed by atoms with Crippen LogP contribution in [0, 0.1) is 5.92 Å². The lowest BCUT2D eigenvalue weighted by atomic mass is 9.88. The van der Waals surface area contributed by atoms with Crippen molar-refractivity contribution in [2.45, 2.75) is 51.5 Å². The van der Waals surface area contributed by atoms with E-state index in [9.17, 15) is 19.2 Å². The minimum atomic E-state index is -0.970. The molecule has 0 unspecified atom stereocenters. The number of hydrogen-bond donors (Lipinski definition) is 1. The van der Waals surface area contributed by atoms with Crippen molar-refractivity contribution in [3.05, 3.63) is 0 Å². The molecule has 1 aliphatic carbocycles. The van der Waals surface area contributed by atoms with Crippen molar-refractivity contribution in [1.82, 2.24) is 20.0 Å². The van der Waals surface area contributed by atoms with Crippen molar-refractivity contribution in [2.24, 2.45) is 5.92 Å². The summed E-state index contributed by atoms with van der Waals surface area (Å²) in [7, 11) is 0. The first-order valence-electron chi connectivity index (χ1n) is 9.50. The molecule has 8 nitrogen and oxygen atoms in total. The van der Waals surface area contributed by atoms with Gasteiger partial charge in [-0.1, -0.05) is 19.3 Å². The van der Waals surface area contributed by atoms with Gasteiger partial charge in [0.1, 0.15) is 12.1 Å². The van der Waals surface area contributed by atoms with Gasteiger partial charge in [0, 0.05) is 32.1 Å². The second-order valence-corrected chi connectivity index (χ2v) is 7.99. The lowest BCUT2D eigenvalue weighted by Gasteiger charge is -2.37. The average molecular weight is 364 g/mol. The van der Waals surface area contributed by atoms with Crippen molar-refractivity contribution >= 4 is 23.8 Å². The van der Waals surface area contributed by atoms with Crippen LogP contribution in [0.25, 0.3) is 0 Å². The van der Waals surface area contributed by atoms with Crippen LogP contribution in [0.1, 0.15) is 46.0 Å². The fourth-order valence-electron chi connectivity index (χ4n) is 3.98. The summed E-state index contributed by atoms with van der Waals surface area (Å²) in [5.41, 5.74) is -0.970. The molecule has 0 atom stereocenters. The molecule has 3 fully saturated rings. The summed E-state index contributed by atoms with van der Waals surface area (Å²) < 4.78 is 0. The fourth-order valence-corrected chi connectivity index (χ4v) is 3.98. The lowest BCUT2D eigenvalue weighted by Crippen LogP contribution is -2.54. The van der Waals surface area contributed by atoms with Crippen molar-refractivity contribution in [3.63, 3.8) is 0 Å². The number of nitrogens with one attached hydrogen (secondary N) is 1. The Hall–Kier alpha value is -2.12. The summed E-state index contributed by atoms with van der Waals surface area (Å²) in [6.45, 7) is 4.93. The van der Waals surface area contributed by atoms with Crippen LogP contribution in [0.2, 0.25) is 0 Å². The molecule has 0 radical (unpaired) electrons. The van der Waals surface area contributed by atoms with E-state index in [0.29, 0.717) is 26.2 Å². The van der Waals surface area contributed by atoms with Gasteiger partial charge in [-0.3, -0.25) is 19.3 Å². The molecule has 0 bridgehead atoms. The SMILES string of the molecule is CC1(C)NC(=O)N(CC(=O)N2CCN(C(=O)C3CCCCC3)CC2)C1=O. The molecule has 144 valence electrons. The molecule has 0 aromatic carbocycles. The summed E-state index contributed by atoms with van der Waals surface area (Å²) >= 11 is 0. The van der Waals surface area contributed by atoms with Crippen LogP contribution in [0.15, 0.2) is 0 Å². The average Bonchev–Trinajstić information content (AvgIpc) is 2.83. The van der Waals surface area contributed by atoms with E-state index in [4.69, 9.17) is 0 Å². The Kier molecular flexibility index (Phi) is 5.20. The number of piperazine rings is 1. The van der Waals surface area contributed by atoms with E-state index >= 15 is 0 Å². The molecule has 3 aliphatic rings. The number of rotatable bonds is 3. The Balaban J connectivity index is 1.50. The van der Waals surface area contributed by atoms with E-state index < -0.39 is 11.6 Å². The van der Waals surface area contributed by atoms with E-state index in [-0.39, 0.29) is 30.2 Å². The first-order chi connectivity index (χ1) is 12.3. The molecular weight excluding hydrogens is 336 g/mol. The highest BCUT2D eigenvalue weighted by molar-refractivity contribution is 6.08. The minimum Gasteiger partial charge on any atom is -0.339 e. The van der Waals surface area contributed by atoms with E-state index in [1.54, 1.807) is 18.7 Å². The number of hydrogen-bond acceptors (Lipinski definition) is 4. The topological polar surface area (TPSA) is 90.0 Å². The van der Waals surface area contributed by atoms with Gasteiger partial charge in [0.2, 0.25) is 11.8 Å². The Morgan fingerprint density at radius 3 is 2.12 bits per heavy atom. The number of nitrogens with zero attached hydrogens (tertiary/aromatic N) is 3. The highest BCUT2D eigenvalue weighted by Crippen LogP contribution is 2.26. The molecule has 2 aliphatic heterocycles. The minimum absolute atomic E-state index is 0.138. The second-order valence-electron chi connectivity index (χ2n) is 7.99. The van der Waals surface area contributed by atoms with Crippen LogP contribution in [0.5, 0.6) is 0 Å². The molecule has 26 heavy (non-hydrogen) atoms. The summed E-state index contributed by atoms with van der Waals surface area (Å²) in [5, 5.41) is 2.57. The highest BCUT2D eigenvalue weighted by Gasteiger charge is 2.45. The molecule has 0 aromatic heterocycles. The molecule has 3 rings (SSSR count). The zero-order chi connectivity index (χ0) is 18.9. The molecule has 2 heterocycles. The van der Waals surface area contributed by atoms with Gasteiger partial charge in [0.15, 0.2) is 0 Å². The molecule has 8 heteroatoms. The summed E-state index contributed by atoms with van der Waals surface area (Å²) in [6.07, 6.45) is 5.40. The maximum atomic E-state index is 12.6. The first kappa shape index (κ1) is 18.7. The smallest absolute Gasteiger partial charge is 0.325 e. The highest BCUT2D eigenvalue weighted by atomic mass is 16.2. The van der Waals surface area contributed by atoms with Crippen LogP contribution >= 0.6 is 0 Å². The summed E-state index contributed by atoms with van der Waals surface area (Å²) in [4.78, 5) is 53.6. The fraction of sp³-hybridized carbons (Fsp3) is 0.778. The lowest BCUT2D eigenvalue weighted by molar-refractivity contribution is -0.144. The standard InChI is InChI=1S/C18H28N4O4/c1-18(2)16(25)22(17(26)19-18)12-14(23)20-8-10-21(11-9-20)15(24)13-6-4-3-5-7-13/h13H,3-12H2,1-2H3,(H,19,26). The van der Waals surface area contributed by atoms with Crippen LogP contribution in [-0.2, 0) is 14.4 Å². The molecule has 0 aromatic rings. The largest absolute Gasteiger partial charge is 0.339 e. The Labute approximate surface area is 153 Å². The summed E-state index contributed by atoms with van der Waals surface area (Å²) in [6, 6.07) is -0.528. The van der Waals surface area contributed by atoms with E-state index in [1.165, 1.54) is 6.42 Å². The van der Waals surface area contributed by atoms with Gasteiger partial charge in [-0.25, -0.2) is 4.79 Å². The number of urea groups is 1. The van der Waals surface area contributed by atoms with Gasteiger partial charge in [0.05, 0.1) is 0 Å². The van der Waals surface area contributed by atoms with Gasteiger partial charge >= 0.3 is 6.03 Å². The molecule has 5 amide bonds. The second kappa shape index (κ2) is 7.25. The van der Waals surface area contributed by atoms with Crippen LogP contribution in [0.3, 0.4) is 0 Å². The monoisotopic (exact) mass is 364 g/mol. The third kappa shape index (κ3) is 3.68. The number of amides is 5. The predicted molar refractivity (Wildman–Crippen MR) is 94.1 cm³/mol. The molecule has 1 saturated carbocycles. The molecular formula is C18H28N4O4. The zero-order valence-corrected chi connectivity index (χ0v) is 15.6. The van der Waals surface area contributed by atoms with Crippen LogP contribution in [-0.4, -0.2) is 76.7 Å². The Morgan fingerprint density at radius 2 is 1.58 bits per heavy atom. The normalized spacial score (nSPS) is 24.0. The number of imide groups is 1. The quantitative estimate of drug-likeness (QED) is 0.741. The van der Waals surface area contributed by atoms with Gasteiger partial charge < -0.3 is 15.1 Å².